The standard InChI is InChI=1S/C14H19N3O3/c1-3-15-13(19)9-17-14(20)12-6-4-11(5-7-12)8-16-10(2)18/h4-7H,3,8-9H2,1-2H3,(H,15,19)(H,16,18)(H,17,20). The van der Waals surface area contributed by atoms with Gasteiger partial charge in [0, 0.05) is 25.6 Å². The predicted octanol–water partition coefficient (Wildman–Crippen LogP) is 0.189. The molecule has 0 aliphatic carbocycles. The molecule has 0 aliphatic heterocycles. The van der Waals surface area contributed by atoms with Crippen LogP contribution in [0.25, 0.3) is 0 Å². The fourth-order valence-corrected chi connectivity index (χ4v) is 1.52. The van der Waals surface area contributed by atoms with Gasteiger partial charge in [-0.1, -0.05) is 12.1 Å². The second-order valence-electron chi connectivity index (χ2n) is 4.24. The number of carbonyl (C=O) groups excluding carboxylic acids is 3. The average molecular weight is 277 g/mol. The second kappa shape index (κ2) is 7.93. The summed E-state index contributed by atoms with van der Waals surface area (Å²) in [5, 5.41) is 7.80. The van der Waals surface area contributed by atoms with Crippen LogP contribution in [0.2, 0.25) is 0 Å². The lowest BCUT2D eigenvalue weighted by molar-refractivity contribution is -0.120. The zero-order valence-corrected chi connectivity index (χ0v) is 11.7. The molecule has 0 aliphatic rings. The van der Waals surface area contributed by atoms with Gasteiger partial charge in [0.15, 0.2) is 0 Å². The zero-order valence-electron chi connectivity index (χ0n) is 11.7. The van der Waals surface area contributed by atoms with Crippen molar-refractivity contribution in [2.45, 2.75) is 20.4 Å². The van der Waals surface area contributed by atoms with Gasteiger partial charge >= 0.3 is 0 Å². The number of likely N-dealkylation sites (N-methyl/N-ethyl adjacent to an activating group) is 1. The van der Waals surface area contributed by atoms with Crippen LogP contribution >= 0.6 is 0 Å². The third-order valence-electron chi connectivity index (χ3n) is 2.54. The molecule has 0 radical (unpaired) electrons. The summed E-state index contributed by atoms with van der Waals surface area (Å²) in [7, 11) is 0. The van der Waals surface area contributed by atoms with Crippen molar-refractivity contribution < 1.29 is 14.4 Å². The largest absolute Gasteiger partial charge is 0.355 e. The summed E-state index contributed by atoms with van der Waals surface area (Å²) >= 11 is 0. The molecule has 20 heavy (non-hydrogen) atoms. The Morgan fingerprint density at radius 1 is 1.00 bits per heavy atom. The Morgan fingerprint density at radius 2 is 1.65 bits per heavy atom. The highest BCUT2D eigenvalue weighted by molar-refractivity contribution is 5.96. The van der Waals surface area contributed by atoms with Crippen molar-refractivity contribution in [1.82, 2.24) is 16.0 Å². The number of hydrogen-bond acceptors (Lipinski definition) is 3. The molecule has 1 aromatic rings. The lowest BCUT2D eigenvalue weighted by Crippen LogP contribution is -2.36. The van der Waals surface area contributed by atoms with Crippen LogP contribution in [0.1, 0.15) is 29.8 Å². The van der Waals surface area contributed by atoms with Gasteiger partial charge in [0.05, 0.1) is 6.54 Å². The molecule has 0 fully saturated rings. The molecule has 0 saturated heterocycles. The number of nitrogens with one attached hydrogen (secondary N) is 3. The van der Waals surface area contributed by atoms with Crippen LogP contribution in [-0.4, -0.2) is 30.8 Å². The van der Waals surface area contributed by atoms with Crippen molar-refractivity contribution in [2.24, 2.45) is 0 Å². The molecule has 0 bridgehead atoms. The van der Waals surface area contributed by atoms with Crippen molar-refractivity contribution in [1.29, 1.82) is 0 Å². The molecule has 6 heteroatoms. The minimum atomic E-state index is -0.303. The molecule has 0 atom stereocenters. The third-order valence-corrected chi connectivity index (χ3v) is 2.54. The van der Waals surface area contributed by atoms with Crippen LogP contribution in [0.4, 0.5) is 0 Å². The maximum atomic E-state index is 11.8. The third kappa shape index (κ3) is 5.51. The van der Waals surface area contributed by atoms with Crippen molar-refractivity contribution in [3.05, 3.63) is 35.4 Å². The topological polar surface area (TPSA) is 87.3 Å². The molecule has 1 rings (SSSR count). The van der Waals surface area contributed by atoms with Gasteiger partial charge in [0.25, 0.3) is 5.91 Å². The zero-order chi connectivity index (χ0) is 15.0. The number of carbonyl (C=O) groups is 3. The van der Waals surface area contributed by atoms with E-state index in [-0.39, 0.29) is 24.3 Å². The van der Waals surface area contributed by atoms with Crippen LogP contribution < -0.4 is 16.0 Å². The van der Waals surface area contributed by atoms with Gasteiger partial charge in [-0.15, -0.1) is 0 Å². The van der Waals surface area contributed by atoms with Crippen molar-refractivity contribution in [3.63, 3.8) is 0 Å². The molecule has 3 amide bonds. The van der Waals surface area contributed by atoms with E-state index in [0.717, 1.165) is 5.56 Å². The molecule has 108 valence electrons. The number of hydrogen-bond donors (Lipinski definition) is 3. The van der Waals surface area contributed by atoms with Crippen LogP contribution in [0.3, 0.4) is 0 Å². The summed E-state index contributed by atoms with van der Waals surface area (Å²) in [6.07, 6.45) is 0. The maximum Gasteiger partial charge on any atom is 0.251 e. The smallest absolute Gasteiger partial charge is 0.251 e. The Bertz CT molecular complexity index is 483. The SMILES string of the molecule is CCNC(=O)CNC(=O)c1ccc(CNC(C)=O)cc1. The molecule has 0 spiro atoms. The first kappa shape index (κ1) is 15.7. The van der Waals surface area contributed by atoms with Gasteiger partial charge in [-0.25, -0.2) is 0 Å². The Hall–Kier alpha value is -2.37. The Balaban J connectivity index is 2.48. The Labute approximate surface area is 117 Å². The minimum absolute atomic E-state index is 0.0414. The minimum Gasteiger partial charge on any atom is -0.355 e. The van der Waals surface area contributed by atoms with Crippen molar-refractivity contribution >= 4 is 17.7 Å². The normalized spacial score (nSPS) is 9.70. The van der Waals surface area contributed by atoms with Gasteiger partial charge in [-0.3, -0.25) is 14.4 Å². The van der Waals surface area contributed by atoms with E-state index in [1.165, 1.54) is 6.92 Å². The first-order valence-electron chi connectivity index (χ1n) is 6.41. The van der Waals surface area contributed by atoms with E-state index < -0.39 is 0 Å². The fourth-order valence-electron chi connectivity index (χ4n) is 1.52. The molecule has 0 heterocycles. The average Bonchev–Trinajstić information content (AvgIpc) is 2.43. The molecular weight excluding hydrogens is 258 g/mol. The molecule has 0 aromatic heterocycles. The van der Waals surface area contributed by atoms with E-state index in [2.05, 4.69) is 16.0 Å². The van der Waals surface area contributed by atoms with E-state index >= 15 is 0 Å². The number of amides is 3. The second-order valence-corrected chi connectivity index (χ2v) is 4.24. The van der Waals surface area contributed by atoms with E-state index in [0.29, 0.717) is 18.7 Å². The van der Waals surface area contributed by atoms with E-state index in [9.17, 15) is 14.4 Å². The lowest BCUT2D eigenvalue weighted by Gasteiger charge is -2.06. The molecular formula is C14H19N3O3. The van der Waals surface area contributed by atoms with Gasteiger partial charge < -0.3 is 16.0 Å². The Kier molecular flexibility index (Phi) is 6.22. The molecule has 6 nitrogen and oxygen atoms in total. The summed E-state index contributed by atoms with van der Waals surface area (Å²) in [6, 6.07) is 6.84. The van der Waals surface area contributed by atoms with Gasteiger partial charge in [-0.05, 0) is 24.6 Å². The first-order valence-corrected chi connectivity index (χ1v) is 6.41. The molecule has 3 N–H and O–H groups in total. The summed E-state index contributed by atoms with van der Waals surface area (Å²) in [5.74, 6) is -0.626. The van der Waals surface area contributed by atoms with Gasteiger partial charge in [0.1, 0.15) is 0 Å². The highest BCUT2D eigenvalue weighted by Crippen LogP contribution is 2.04. The van der Waals surface area contributed by atoms with Gasteiger partial charge in [0.2, 0.25) is 11.8 Å². The molecule has 0 unspecified atom stereocenters. The summed E-state index contributed by atoms with van der Waals surface area (Å²) in [5.41, 5.74) is 1.38. The van der Waals surface area contributed by atoms with Crippen molar-refractivity contribution in [3.8, 4) is 0 Å². The summed E-state index contributed by atoms with van der Waals surface area (Å²) in [4.78, 5) is 33.8. The van der Waals surface area contributed by atoms with E-state index in [1.54, 1.807) is 24.3 Å². The van der Waals surface area contributed by atoms with Crippen LogP contribution in [0.5, 0.6) is 0 Å². The monoisotopic (exact) mass is 277 g/mol. The van der Waals surface area contributed by atoms with Gasteiger partial charge in [-0.2, -0.15) is 0 Å². The maximum absolute atomic E-state index is 11.8. The highest BCUT2D eigenvalue weighted by atomic mass is 16.2. The predicted molar refractivity (Wildman–Crippen MR) is 75.0 cm³/mol. The van der Waals surface area contributed by atoms with Crippen LogP contribution in [-0.2, 0) is 16.1 Å². The lowest BCUT2D eigenvalue weighted by atomic mass is 10.1. The Morgan fingerprint density at radius 3 is 2.20 bits per heavy atom. The number of benzene rings is 1. The van der Waals surface area contributed by atoms with E-state index in [4.69, 9.17) is 0 Å². The molecule has 0 saturated carbocycles. The fraction of sp³-hybridized carbons (Fsp3) is 0.357. The quantitative estimate of drug-likeness (QED) is 0.693. The first-order chi connectivity index (χ1) is 9.52. The van der Waals surface area contributed by atoms with Crippen LogP contribution in [0, 0.1) is 0 Å². The molecule has 1 aromatic carbocycles. The summed E-state index contributed by atoms with van der Waals surface area (Å²) < 4.78 is 0. The van der Waals surface area contributed by atoms with Crippen molar-refractivity contribution in [2.75, 3.05) is 13.1 Å². The number of rotatable bonds is 6. The van der Waals surface area contributed by atoms with Crippen LogP contribution in [0.15, 0.2) is 24.3 Å². The van der Waals surface area contributed by atoms with E-state index in [1.807, 2.05) is 6.92 Å². The summed E-state index contributed by atoms with van der Waals surface area (Å²) in [6.45, 7) is 4.18. The highest BCUT2D eigenvalue weighted by Gasteiger charge is 2.07.